The third kappa shape index (κ3) is 5.03. The Kier molecular flexibility index (Phi) is 6.72. The van der Waals surface area contributed by atoms with Crippen LogP contribution in [0.5, 0.6) is 0 Å². The van der Waals surface area contributed by atoms with Crippen molar-refractivity contribution in [1.29, 1.82) is 0 Å². The first-order valence-electron chi connectivity index (χ1n) is 9.86. The highest BCUT2D eigenvalue weighted by Crippen LogP contribution is 2.32. The van der Waals surface area contributed by atoms with Crippen molar-refractivity contribution in [3.05, 3.63) is 54.1 Å². The number of hydrogen-bond acceptors (Lipinski definition) is 6. The van der Waals surface area contributed by atoms with E-state index in [2.05, 4.69) is 10.3 Å². The Morgan fingerprint density at radius 3 is 2.63 bits per heavy atom. The zero-order chi connectivity index (χ0) is 21.0. The van der Waals surface area contributed by atoms with E-state index in [0.717, 1.165) is 39.4 Å². The van der Waals surface area contributed by atoms with Gasteiger partial charge in [0.25, 0.3) is 0 Å². The Balaban J connectivity index is 1.39. The van der Waals surface area contributed by atoms with E-state index in [1.807, 2.05) is 30.3 Å². The molecule has 2 heterocycles. The van der Waals surface area contributed by atoms with Crippen LogP contribution in [0, 0.1) is 0 Å². The average Bonchev–Trinajstić information content (AvgIpc) is 3.20. The Labute approximate surface area is 184 Å². The van der Waals surface area contributed by atoms with Crippen LogP contribution < -0.4 is 5.32 Å². The highest BCUT2D eigenvalue weighted by atomic mass is 32.2. The summed E-state index contributed by atoms with van der Waals surface area (Å²) in [6, 6.07) is 14.9. The SMILES string of the molecule is O=C(CSc1nc2ccc(S(=O)(=O)N3CCCCC3)cc2s1)NCc1ccccc1. The van der Waals surface area contributed by atoms with E-state index in [4.69, 9.17) is 0 Å². The summed E-state index contributed by atoms with van der Waals surface area (Å²) in [6.45, 7) is 1.67. The Hall–Kier alpha value is -1.94. The fourth-order valence-corrected chi connectivity index (χ4v) is 6.89. The van der Waals surface area contributed by atoms with E-state index in [1.54, 1.807) is 22.5 Å². The molecule has 0 saturated carbocycles. The van der Waals surface area contributed by atoms with Crippen molar-refractivity contribution in [3.8, 4) is 0 Å². The maximum absolute atomic E-state index is 12.9. The van der Waals surface area contributed by atoms with Gasteiger partial charge in [0.1, 0.15) is 0 Å². The number of aromatic nitrogens is 1. The molecule has 0 atom stereocenters. The van der Waals surface area contributed by atoms with Gasteiger partial charge in [-0.25, -0.2) is 13.4 Å². The molecule has 1 fully saturated rings. The Bertz CT molecular complexity index is 1120. The number of benzene rings is 2. The average molecular weight is 462 g/mol. The van der Waals surface area contributed by atoms with Gasteiger partial charge in [-0.15, -0.1) is 11.3 Å². The molecular weight excluding hydrogens is 438 g/mol. The predicted molar refractivity (Wildman–Crippen MR) is 121 cm³/mol. The molecule has 0 spiro atoms. The Morgan fingerprint density at radius 1 is 1.10 bits per heavy atom. The van der Waals surface area contributed by atoms with E-state index in [-0.39, 0.29) is 11.7 Å². The van der Waals surface area contributed by atoms with Crippen molar-refractivity contribution in [1.82, 2.24) is 14.6 Å². The number of carbonyl (C=O) groups excluding carboxylic acids is 1. The monoisotopic (exact) mass is 461 g/mol. The number of thiazole rings is 1. The van der Waals surface area contributed by atoms with Gasteiger partial charge in [-0.3, -0.25) is 4.79 Å². The van der Waals surface area contributed by atoms with Crippen LogP contribution >= 0.6 is 23.1 Å². The smallest absolute Gasteiger partial charge is 0.243 e. The summed E-state index contributed by atoms with van der Waals surface area (Å²) in [4.78, 5) is 17.0. The van der Waals surface area contributed by atoms with Crippen LogP contribution in [-0.4, -0.2) is 42.5 Å². The van der Waals surface area contributed by atoms with Crippen molar-refractivity contribution >= 4 is 49.2 Å². The third-order valence-electron chi connectivity index (χ3n) is 4.95. The molecule has 9 heteroatoms. The molecule has 1 amide bonds. The molecule has 30 heavy (non-hydrogen) atoms. The van der Waals surface area contributed by atoms with Gasteiger partial charge in [0, 0.05) is 19.6 Å². The van der Waals surface area contributed by atoms with Crippen LogP contribution in [0.2, 0.25) is 0 Å². The van der Waals surface area contributed by atoms with E-state index < -0.39 is 10.0 Å². The fraction of sp³-hybridized carbons (Fsp3) is 0.333. The van der Waals surface area contributed by atoms with E-state index in [1.165, 1.54) is 23.1 Å². The molecule has 1 aliphatic heterocycles. The number of hydrogen-bond donors (Lipinski definition) is 1. The predicted octanol–water partition coefficient (Wildman–Crippen LogP) is 3.88. The molecular formula is C21H23N3O3S3. The molecule has 0 unspecified atom stereocenters. The minimum atomic E-state index is -3.46. The fourth-order valence-electron chi connectivity index (χ4n) is 3.34. The molecule has 0 bridgehead atoms. The molecule has 158 valence electrons. The van der Waals surface area contributed by atoms with Gasteiger partial charge < -0.3 is 5.32 Å². The van der Waals surface area contributed by atoms with Crippen molar-refractivity contribution in [3.63, 3.8) is 0 Å². The third-order valence-corrected chi connectivity index (χ3v) is 9.01. The molecule has 2 aromatic carbocycles. The van der Waals surface area contributed by atoms with Gasteiger partial charge in [0.15, 0.2) is 4.34 Å². The summed E-state index contributed by atoms with van der Waals surface area (Å²) in [6.07, 6.45) is 2.91. The first-order valence-corrected chi connectivity index (χ1v) is 13.1. The van der Waals surface area contributed by atoms with Crippen LogP contribution in [0.4, 0.5) is 0 Å². The molecule has 4 rings (SSSR count). The first kappa shape index (κ1) is 21.3. The number of nitrogens with one attached hydrogen (secondary N) is 1. The topological polar surface area (TPSA) is 79.4 Å². The summed E-state index contributed by atoms with van der Waals surface area (Å²) < 4.78 is 28.9. The number of nitrogens with zero attached hydrogens (tertiary/aromatic N) is 2. The normalized spacial score (nSPS) is 15.3. The largest absolute Gasteiger partial charge is 0.351 e. The van der Waals surface area contributed by atoms with Gasteiger partial charge in [-0.1, -0.05) is 48.5 Å². The molecule has 0 aliphatic carbocycles. The van der Waals surface area contributed by atoms with E-state index >= 15 is 0 Å². The first-order chi connectivity index (χ1) is 14.5. The minimum Gasteiger partial charge on any atom is -0.351 e. The van der Waals surface area contributed by atoms with Gasteiger partial charge in [0.05, 0.1) is 20.9 Å². The summed E-state index contributed by atoms with van der Waals surface area (Å²) in [5.41, 5.74) is 1.81. The highest BCUT2D eigenvalue weighted by molar-refractivity contribution is 8.01. The van der Waals surface area contributed by atoms with Gasteiger partial charge in [0.2, 0.25) is 15.9 Å². The lowest BCUT2D eigenvalue weighted by atomic mass is 10.2. The maximum atomic E-state index is 12.9. The van der Waals surface area contributed by atoms with Crippen LogP contribution in [0.1, 0.15) is 24.8 Å². The van der Waals surface area contributed by atoms with Crippen LogP contribution in [-0.2, 0) is 21.4 Å². The lowest BCUT2D eigenvalue weighted by Crippen LogP contribution is -2.35. The molecule has 3 aromatic rings. The molecule has 0 radical (unpaired) electrons. The molecule has 1 aliphatic rings. The second-order valence-corrected chi connectivity index (χ2v) is 11.3. The zero-order valence-electron chi connectivity index (χ0n) is 16.4. The number of piperidine rings is 1. The van der Waals surface area contributed by atoms with E-state index in [0.29, 0.717) is 24.5 Å². The lowest BCUT2D eigenvalue weighted by Gasteiger charge is -2.25. The van der Waals surface area contributed by atoms with Gasteiger partial charge in [-0.05, 0) is 36.6 Å². The number of thioether (sulfide) groups is 1. The summed E-state index contributed by atoms with van der Waals surface area (Å²) in [5, 5.41) is 2.90. The summed E-state index contributed by atoms with van der Waals surface area (Å²) in [5.74, 6) is 0.211. The lowest BCUT2D eigenvalue weighted by molar-refractivity contribution is -0.118. The van der Waals surface area contributed by atoms with Crippen LogP contribution in [0.25, 0.3) is 10.2 Å². The number of sulfonamides is 1. The number of amides is 1. The molecule has 1 N–H and O–H groups in total. The number of fused-ring (bicyclic) bond motifs is 1. The standard InChI is InChI=1S/C21H23N3O3S3/c25-20(22-14-16-7-3-1-4-8-16)15-28-21-23-18-10-9-17(13-19(18)29-21)30(26,27)24-11-5-2-6-12-24/h1,3-4,7-10,13H,2,5-6,11-12,14-15H2,(H,22,25). The molecule has 6 nitrogen and oxygen atoms in total. The molecule has 1 aromatic heterocycles. The van der Waals surface area contributed by atoms with Gasteiger partial charge in [-0.2, -0.15) is 4.31 Å². The second kappa shape index (κ2) is 9.47. The quantitative estimate of drug-likeness (QED) is 0.540. The van der Waals surface area contributed by atoms with Crippen molar-refractivity contribution < 1.29 is 13.2 Å². The van der Waals surface area contributed by atoms with Crippen molar-refractivity contribution in [2.45, 2.75) is 35.0 Å². The van der Waals surface area contributed by atoms with E-state index in [9.17, 15) is 13.2 Å². The minimum absolute atomic E-state index is 0.0588. The number of rotatable bonds is 7. The van der Waals surface area contributed by atoms with Crippen molar-refractivity contribution in [2.24, 2.45) is 0 Å². The highest BCUT2D eigenvalue weighted by Gasteiger charge is 2.26. The van der Waals surface area contributed by atoms with Crippen LogP contribution in [0.3, 0.4) is 0 Å². The van der Waals surface area contributed by atoms with Gasteiger partial charge >= 0.3 is 0 Å². The summed E-state index contributed by atoms with van der Waals surface area (Å²) in [7, 11) is -3.46. The maximum Gasteiger partial charge on any atom is 0.243 e. The molecule has 1 saturated heterocycles. The number of carbonyl (C=O) groups is 1. The zero-order valence-corrected chi connectivity index (χ0v) is 18.9. The summed E-state index contributed by atoms with van der Waals surface area (Å²) >= 11 is 2.79. The second-order valence-electron chi connectivity index (χ2n) is 7.13. The Morgan fingerprint density at radius 2 is 1.87 bits per heavy atom. The van der Waals surface area contributed by atoms with Crippen LogP contribution in [0.15, 0.2) is 57.8 Å². The van der Waals surface area contributed by atoms with Crippen molar-refractivity contribution in [2.75, 3.05) is 18.8 Å².